The number of pyridine rings is 1. The third kappa shape index (κ3) is 4.16. The van der Waals surface area contributed by atoms with Crippen LogP contribution >= 0.6 is 0 Å². The predicted molar refractivity (Wildman–Crippen MR) is 150 cm³/mol. The molecule has 0 aliphatic carbocycles. The summed E-state index contributed by atoms with van der Waals surface area (Å²) in [5, 5.41) is 11.2. The Balaban J connectivity index is 1.25. The molecular weight excluding hydrogens is 492 g/mol. The Hall–Kier alpha value is -4.15. The van der Waals surface area contributed by atoms with Crippen molar-refractivity contribution in [2.75, 3.05) is 50.6 Å². The molecule has 4 aromatic rings. The zero-order valence-electron chi connectivity index (χ0n) is 22.3. The van der Waals surface area contributed by atoms with E-state index in [2.05, 4.69) is 65.2 Å². The topological polar surface area (TPSA) is 92.5 Å². The quantitative estimate of drug-likeness (QED) is 0.400. The van der Waals surface area contributed by atoms with Gasteiger partial charge in [0.25, 0.3) is 5.91 Å². The van der Waals surface area contributed by atoms with E-state index in [9.17, 15) is 4.79 Å². The van der Waals surface area contributed by atoms with Gasteiger partial charge < -0.3 is 29.7 Å². The predicted octanol–water partition coefficient (Wildman–Crippen LogP) is 3.31. The van der Waals surface area contributed by atoms with Crippen LogP contribution in [0.5, 0.6) is 0 Å². The number of morpholine rings is 1. The highest BCUT2D eigenvalue weighted by Crippen LogP contribution is 2.40. The molecule has 1 fully saturated rings. The summed E-state index contributed by atoms with van der Waals surface area (Å²) in [5.74, 6) is 0.650. The second kappa shape index (κ2) is 9.55. The molecule has 10 heteroatoms. The molecule has 3 aromatic heterocycles. The molecule has 0 bridgehead atoms. The molecule has 1 amide bonds. The van der Waals surface area contributed by atoms with Crippen LogP contribution in [0, 0.1) is 0 Å². The Morgan fingerprint density at radius 1 is 1.05 bits per heavy atom. The molecule has 0 atom stereocenters. The van der Waals surface area contributed by atoms with E-state index in [1.807, 2.05) is 32.4 Å². The van der Waals surface area contributed by atoms with Crippen LogP contribution in [0.15, 0.2) is 48.8 Å². The molecular formula is C29H32N8O2. The smallest absolute Gasteiger partial charge is 0.254 e. The first kappa shape index (κ1) is 23.9. The number of anilines is 3. The van der Waals surface area contributed by atoms with E-state index in [1.165, 1.54) is 0 Å². The zero-order chi connectivity index (χ0) is 26.5. The molecule has 0 unspecified atom stereocenters. The second-order valence-electron chi connectivity index (χ2n) is 10.5. The van der Waals surface area contributed by atoms with Crippen LogP contribution < -0.4 is 15.5 Å². The maximum Gasteiger partial charge on any atom is 0.254 e. The van der Waals surface area contributed by atoms with Gasteiger partial charge in [-0.2, -0.15) is 5.10 Å². The highest BCUT2D eigenvalue weighted by atomic mass is 16.5. The Labute approximate surface area is 227 Å². The first-order valence-corrected chi connectivity index (χ1v) is 13.5. The van der Waals surface area contributed by atoms with Crippen molar-refractivity contribution < 1.29 is 9.53 Å². The molecule has 10 nitrogen and oxygen atoms in total. The van der Waals surface area contributed by atoms with E-state index in [4.69, 9.17) is 9.72 Å². The molecule has 6 heterocycles. The SMILES string of the molecule is CN(C)Cc1nc(Nc2ccc(-c3cnn4c3-c3cccn3CC4)c3c2C(=O)NC3)ccc1N1CCOCC1. The van der Waals surface area contributed by atoms with Gasteiger partial charge in [0.2, 0.25) is 0 Å². The lowest BCUT2D eigenvalue weighted by Gasteiger charge is -2.31. The molecule has 0 radical (unpaired) electrons. The van der Waals surface area contributed by atoms with Crippen LogP contribution in [0.3, 0.4) is 0 Å². The highest BCUT2D eigenvalue weighted by molar-refractivity contribution is 6.06. The molecule has 200 valence electrons. The summed E-state index contributed by atoms with van der Waals surface area (Å²) >= 11 is 0. The van der Waals surface area contributed by atoms with Gasteiger partial charge in [0.15, 0.2) is 0 Å². The molecule has 2 N–H and O–H groups in total. The molecule has 0 saturated carbocycles. The summed E-state index contributed by atoms with van der Waals surface area (Å²) in [5.41, 5.74) is 8.89. The first-order valence-electron chi connectivity index (χ1n) is 13.5. The largest absolute Gasteiger partial charge is 0.378 e. The van der Waals surface area contributed by atoms with E-state index >= 15 is 0 Å². The van der Waals surface area contributed by atoms with Crippen molar-refractivity contribution in [1.82, 2.24) is 29.5 Å². The van der Waals surface area contributed by atoms with Gasteiger partial charge in [0.1, 0.15) is 5.82 Å². The van der Waals surface area contributed by atoms with Crippen LogP contribution in [0.2, 0.25) is 0 Å². The number of fused-ring (bicyclic) bond motifs is 4. The summed E-state index contributed by atoms with van der Waals surface area (Å²) in [4.78, 5) is 22.6. The number of rotatable bonds is 6. The number of amides is 1. The van der Waals surface area contributed by atoms with Gasteiger partial charge >= 0.3 is 0 Å². The number of carbonyl (C=O) groups is 1. The van der Waals surface area contributed by atoms with Crippen LogP contribution in [0.1, 0.15) is 21.6 Å². The number of carbonyl (C=O) groups excluding carboxylic acids is 1. The highest BCUT2D eigenvalue weighted by Gasteiger charge is 2.30. The molecule has 1 aromatic carbocycles. The Morgan fingerprint density at radius 3 is 2.77 bits per heavy atom. The molecule has 3 aliphatic rings. The van der Waals surface area contributed by atoms with Crippen LogP contribution in [0.25, 0.3) is 22.5 Å². The molecule has 7 rings (SSSR count). The van der Waals surface area contributed by atoms with E-state index in [-0.39, 0.29) is 5.91 Å². The van der Waals surface area contributed by atoms with Gasteiger partial charge in [-0.15, -0.1) is 0 Å². The second-order valence-corrected chi connectivity index (χ2v) is 10.5. The summed E-state index contributed by atoms with van der Waals surface area (Å²) in [6, 6.07) is 12.4. The average molecular weight is 525 g/mol. The lowest BCUT2D eigenvalue weighted by Crippen LogP contribution is -2.37. The van der Waals surface area contributed by atoms with Crippen LogP contribution in [-0.4, -0.2) is 70.5 Å². The minimum absolute atomic E-state index is 0.0720. The minimum Gasteiger partial charge on any atom is -0.378 e. The lowest BCUT2D eigenvalue weighted by molar-refractivity contribution is 0.0966. The van der Waals surface area contributed by atoms with Crippen molar-refractivity contribution in [3.05, 3.63) is 65.6 Å². The number of aromatic nitrogens is 4. The summed E-state index contributed by atoms with van der Waals surface area (Å²) in [6.07, 6.45) is 4.04. The number of benzene rings is 1. The van der Waals surface area contributed by atoms with Gasteiger partial charge in [0.05, 0.1) is 60.0 Å². The van der Waals surface area contributed by atoms with E-state index in [1.54, 1.807) is 0 Å². The third-order valence-corrected chi connectivity index (χ3v) is 7.75. The maximum absolute atomic E-state index is 13.1. The fourth-order valence-electron chi connectivity index (χ4n) is 5.96. The van der Waals surface area contributed by atoms with Crippen molar-refractivity contribution >= 4 is 23.1 Å². The van der Waals surface area contributed by atoms with E-state index in [0.29, 0.717) is 18.7 Å². The van der Waals surface area contributed by atoms with Crippen molar-refractivity contribution in [3.8, 4) is 22.5 Å². The van der Waals surface area contributed by atoms with Gasteiger partial charge in [-0.25, -0.2) is 4.98 Å². The number of hydrogen-bond acceptors (Lipinski definition) is 7. The van der Waals surface area contributed by atoms with E-state index in [0.717, 1.165) is 90.4 Å². The lowest BCUT2D eigenvalue weighted by atomic mass is 9.94. The van der Waals surface area contributed by atoms with Gasteiger partial charge in [-0.05, 0) is 55.6 Å². The zero-order valence-corrected chi connectivity index (χ0v) is 22.3. The summed E-state index contributed by atoms with van der Waals surface area (Å²) in [6.45, 7) is 6.10. The van der Waals surface area contributed by atoms with Gasteiger partial charge in [-0.3, -0.25) is 9.48 Å². The molecule has 39 heavy (non-hydrogen) atoms. The number of ether oxygens (including phenoxy) is 1. The number of nitrogens with zero attached hydrogens (tertiary/aromatic N) is 6. The standard InChI is InChI=1S/C29H32N8O2/c1-34(2)18-23-24(36-12-14-39-15-13-36)7-8-26(33-23)32-22-6-5-19(20-16-30-29(38)27(20)22)21-17-31-37-11-10-35-9-3-4-25(35)28(21)37/h3-9,17H,10-16,18H2,1-2H3,(H,30,38)(H,32,33). The number of nitrogens with one attached hydrogen (secondary N) is 2. The number of aryl methyl sites for hydroxylation is 2. The van der Waals surface area contributed by atoms with Gasteiger partial charge in [-0.1, -0.05) is 6.07 Å². The van der Waals surface area contributed by atoms with Crippen molar-refractivity contribution in [3.63, 3.8) is 0 Å². The maximum atomic E-state index is 13.1. The van der Waals surface area contributed by atoms with E-state index < -0.39 is 0 Å². The summed E-state index contributed by atoms with van der Waals surface area (Å²) < 4.78 is 9.88. The third-order valence-electron chi connectivity index (χ3n) is 7.75. The molecule has 3 aliphatic heterocycles. The molecule has 0 spiro atoms. The first-order chi connectivity index (χ1) is 19.1. The molecule has 1 saturated heterocycles. The minimum atomic E-state index is -0.0720. The van der Waals surface area contributed by atoms with Crippen molar-refractivity contribution in [2.45, 2.75) is 26.2 Å². The van der Waals surface area contributed by atoms with Crippen molar-refractivity contribution in [2.24, 2.45) is 0 Å². The normalized spacial score (nSPS) is 16.2. The Bertz CT molecular complexity index is 1560. The van der Waals surface area contributed by atoms with Crippen LogP contribution in [0.4, 0.5) is 17.2 Å². The van der Waals surface area contributed by atoms with Gasteiger partial charge in [0, 0.05) is 44.5 Å². The number of hydrogen-bond donors (Lipinski definition) is 2. The fraction of sp³-hybridized carbons (Fsp3) is 0.345. The average Bonchev–Trinajstić information content (AvgIpc) is 3.68. The fourth-order valence-corrected chi connectivity index (χ4v) is 5.96. The summed E-state index contributed by atoms with van der Waals surface area (Å²) in [7, 11) is 4.10. The van der Waals surface area contributed by atoms with Crippen molar-refractivity contribution in [1.29, 1.82) is 0 Å². The Morgan fingerprint density at radius 2 is 1.92 bits per heavy atom. The monoisotopic (exact) mass is 524 g/mol. The van der Waals surface area contributed by atoms with Crippen LogP contribution in [-0.2, 0) is 30.9 Å². The Kier molecular flexibility index (Phi) is 5.86.